The normalized spacial score (nSPS) is 14.8. The predicted octanol–water partition coefficient (Wildman–Crippen LogP) is 4.44. The molecule has 0 aliphatic carbocycles. The lowest BCUT2D eigenvalue weighted by molar-refractivity contribution is -0.208. The molecule has 3 aromatic rings. The number of fused-ring (bicyclic) bond motifs is 1. The van der Waals surface area contributed by atoms with Gasteiger partial charge in [0, 0.05) is 32.4 Å². The van der Waals surface area contributed by atoms with Crippen LogP contribution < -0.4 is 16.0 Å². The van der Waals surface area contributed by atoms with E-state index in [0.29, 0.717) is 31.6 Å². The van der Waals surface area contributed by atoms with Gasteiger partial charge in [-0.2, -0.15) is 18.2 Å². The zero-order valence-electron chi connectivity index (χ0n) is 20.2. The molecule has 13 heteroatoms. The maximum Gasteiger partial charge on any atom is 0.415 e. The molecule has 0 fully saturated rings. The molecular weight excluding hydrogens is 528 g/mol. The Morgan fingerprint density at radius 1 is 1.16 bits per heavy atom. The first-order valence-corrected chi connectivity index (χ1v) is 12.1. The number of rotatable bonds is 7. The summed E-state index contributed by atoms with van der Waals surface area (Å²) in [6.45, 7) is 0.294. The molecule has 0 saturated carbocycles. The van der Waals surface area contributed by atoms with Gasteiger partial charge < -0.3 is 21.1 Å². The third-order valence-electron chi connectivity index (χ3n) is 6.14. The Bertz CT molecular complexity index is 1320. The number of β-amino-alcohol motifs (C(OH)–C–C–N with tert-alkyl or cyclic N) is 1. The molecule has 202 valence electrons. The average Bonchev–Trinajstić information content (AvgIpc) is 3.08. The van der Waals surface area contributed by atoms with Crippen molar-refractivity contribution in [2.75, 3.05) is 37.3 Å². The smallest absolute Gasteiger partial charge is 0.382 e. The standard InChI is InChI=1S/C25H25ClF4N6O2/c1-31-23(38)17-3-2-4-19(27)21(17)34-22-18(26)12-32-24(35-22)33-16-6-5-14-7-9-36(10-8-15(14)11-16)13-20(37)25(28,29)30/h2-6,11-12,20,37H,7-10,13H2,1H3,(H,31,38)(H2,32,33,34,35)/t20-/m1/s1. The van der Waals surface area contributed by atoms with Crippen LogP contribution in [0.25, 0.3) is 0 Å². The fourth-order valence-electron chi connectivity index (χ4n) is 4.12. The zero-order chi connectivity index (χ0) is 27.4. The third kappa shape index (κ3) is 6.50. The van der Waals surface area contributed by atoms with Crippen molar-refractivity contribution in [2.24, 2.45) is 0 Å². The molecule has 0 radical (unpaired) electrons. The van der Waals surface area contributed by atoms with Gasteiger partial charge >= 0.3 is 6.18 Å². The van der Waals surface area contributed by atoms with Crippen LogP contribution in [0.4, 0.5) is 40.7 Å². The summed E-state index contributed by atoms with van der Waals surface area (Å²) >= 11 is 6.23. The minimum atomic E-state index is -4.65. The van der Waals surface area contributed by atoms with Gasteiger partial charge in [0.1, 0.15) is 10.8 Å². The monoisotopic (exact) mass is 552 g/mol. The first kappa shape index (κ1) is 27.6. The minimum absolute atomic E-state index is 0.0687. The van der Waals surface area contributed by atoms with Gasteiger partial charge in [-0.05, 0) is 48.2 Å². The van der Waals surface area contributed by atoms with Crippen LogP contribution in [0.5, 0.6) is 0 Å². The largest absolute Gasteiger partial charge is 0.415 e. The highest BCUT2D eigenvalue weighted by Gasteiger charge is 2.39. The number of para-hydroxylation sites is 1. The van der Waals surface area contributed by atoms with Gasteiger partial charge in [0.2, 0.25) is 5.95 Å². The highest BCUT2D eigenvalue weighted by atomic mass is 35.5. The summed E-state index contributed by atoms with van der Waals surface area (Å²) in [5.41, 5.74) is 2.56. The number of nitrogens with one attached hydrogen (secondary N) is 3. The number of carbonyl (C=O) groups excluding carboxylic acids is 1. The van der Waals surface area contributed by atoms with Gasteiger partial charge in [-0.15, -0.1) is 0 Å². The summed E-state index contributed by atoms with van der Waals surface area (Å²) in [6.07, 6.45) is -4.67. The molecule has 2 aromatic carbocycles. The van der Waals surface area contributed by atoms with Crippen molar-refractivity contribution in [1.82, 2.24) is 20.2 Å². The van der Waals surface area contributed by atoms with E-state index in [1.807, 2.05) is 12.1 Å². The molecule has 38 heavy (non-hydrogen) atoms. The van der Waals surface area contributed by atoms with Gasteiger partial charge in [0.05, 0.1) is 17.4 Å². The molecule has 1 amide bonds. The molecule has 0 bridgehead atoms. The van der Waals surface area contributed by atoms with Crippen molar-refractivity contribution < 1.29 is 27.5 Å². The quantitative estimate of drug-likeness (QED) is 0.321. The van der Waals surface area contributed by atoms with E-state index in [1.165, 1.54) is 31.4 Å². The predicted molar refractivity (Wildman–Crippen MR) is 136 cm³/mol. The van der Waals surface area contributed by atoms with Crippen molar-refractivity contribution in [1.29, 1.82) is 0 Å². The van der Waals surface area contributed by atoms with Crippen molar-refractivity contribution >= 4 is 40.6 Å². The van der Waals surface area contributed by atoms with Gasteiger partial charge in [0.25, 0.3) is 5.91 Å². The first-order chi connectivity index (χ1) is 18.0. The number of aromatic nitrogens is 2. The summed E-state index contributed by atoms with van der Waals surface area (Å²) in [6, 6.07) is 9.61. The second-order valence-electron chi connectivity index (χ2n) is 8.72. The van der Waals surface area contributed by atoms with Crippen molar-refractivity contribution in [2.45, 2.75) is 25.1 Å². The maximum absolute atomic E-state index is 14.5. The van der Waals surface area contributed by atoms with Crippen LogP contribution in [0.3, 0.4) is 0 Å². The fraction of sp³-hybridized carbons (Fsp3) is 0.320. The molecule has 1 atom stereocenters. The molecule has 8 nitrogen and oxygen atoms in total. The molecule has 0 saturated heterocycles. The Balaban J connectivity index is 1.49. The summed E-state index contributed by atoms with van der Waals surface area (Å²) in [5, 5.41) is 17.8. The van der Waals surface area contributed by atoms with Gasteiger partial charge in [0.15, 0.2) is 11.9 Å². The molecule has 4 N–H and O–H groups in total. The number of carbonyl (C=O) groups is 1. The van der Waals surface area contributed by atoms with E-state index in [4.69, 9.17) is 11.6 Å². The number of aliphatic hydroxyl groups excluding tert-OH is 1. The molecule has 1 aliphatic heterocycles. The lowest BCUT2D eigenvalue weighted by Gasteiger charge is -2.24. The van der Waals surface area contributed by atoms with Crippen LogP contribution in [0.2, 0.25) is 5.02 Å². The van der Waals surface area contributed by atoms with E-state index in [2.05, 4.69) is 25.9 Å². The topological polar surface area (TPSA) is 102 Å². The second kappa shape index (κ2) is 11.5. The van der Waals surface area contributed by atoms with Gasteiger partial charge in [-0.3, -0.25) is 9.69 Å². The molecule has 1 aliphatic rings. The van der Waals surface area contributed by atoms with E-state index < -0.39 is 30.5 Å². The van der Waals surface area contributed by atoms with E-state index >= 15 is 0 Å². The number of nitrogens with zero attached hydrogens (tertiary/aromatic N) is 3. The van der Waals surface area contributed by atoms with E-state index in [1.54, 1.807) is 11.0 Å². The Morgan fingerprint density at radius 2 is 1.89 bits per heavy atom. The summed E-state index contributed by atoms with van der Waals surface area (Å²) in [7, 11) is 1.43. The van der Waals surface area contributed by atoms with E-state index in [0.717, 1.165) is 11.1 Å². The Morgan fingerprint density at radius 3 is 2.61 bits per heavy atom. The third-order valence-corrected chi connectivity index (χ3v) is 6.42. The fourth-order valence-corrected chi connectivity index (χ4v) is 4.26. The lowest BCUT2D eigenvalue weighted by Crippen LogP contribution is -2.41. The minimum Gasteiger partial charge on any atom is -0.382 e. The highest BCUT2D eigenvalue weighted by Crippen LogP contribution is 2.30. The highest BCUT2D eigenvalue weighted by molar-refractivity contribution is 6.33. The lowest BCUT2D eigenvalue weighted by atomic mass is 10.0. The molecule has 0 spiro atoms. The summed E-state index contributed by atoms with van der Waals surface area (Å²) < 4.78 is 52.8. The van der Waals surface area contributed by atoms with Crippen molar-refractivity contribution in [3.05, 3.63) is 70.1 Å². The van der Waals surface area contributed by atoms with Crippen LogP contribution in [0, 0.1) is 5.82 Å². The van der Waals surface area contributed by atoms with Gasteiger partial charge in [-0.1, -0.05) is 23.7 Å². The average molecular weight is 553 g/mol. The molecular formula is C25H25ClF4N6O2. The summed E-state index contributed by atoms with van der Waals surface area (Å²) in [4.78, 5) is 22.2. The SMILES string of the molecule is CNC(=O)c1cccc(F)c1Nc1nc(Nc2ccc3c(c2)CCN(C[C@@H](O)C(F)(F)F)CC3)ncc1Cl. The number of amides is 1. The second-order valence-corrected chi connectivity index (χ2v) is 9.13. The van der Waals surface area contributed by atoms with Crippen LogP contribution >= 0.6 is 11.6 Å². The number of alkyl halides is 3. The Labute approximate surface area is 221 Å². The van der Waals surface area contributed by atoms with Crippen molar-refractivity contribution in [3.63, 3.8) is 0 Å². The van der Waals surface area contributed by atoms with E-state index in [-0.39, 0.29) is 28.0 Å². The number of aliphatic hydroxyl groups is 1. The van der Waals surface area contributed by atoms with E-state index in [9.17, 15) is 27.5 Å². The summed E-state index contributed by atoms with van der Waals surface area (Å²) in [5.74, 6) is -0.934. The number of benzene rings is 2. The number of hydrogen-bond donors (Lipinski definition) is 4. The number of halogens is 5. The van der Waals surface area contributed by atoms with Crippen LogP contribution in [-0.4, -0.2) is 64.8 Å². The van der Waals surface area contributed by atoms with Crippen molar-refractivity contribution in [3.8, 4) is 0 Å². The molecule has 0 unspecified atom stereocenters. The van der Waals surface area contributed by atoms with Crippen LogP contribution in [-0.2, 0) is 12.8 Å². The Kier molecular flexibility index (Phi) is 8.34. The number of hydrogen-bond acceptors (Lipinski definition) is 7. The van der Waals surface area contributed by atoms with Crippen LogP contribution in [0.15, 0.2) is 42.6 Å². The molecule has 1 aromatic heterocycles. The van der Waals surface area contributed by atoms with Crippen LogP contribution in [0.1, 0.15) is 21.5 Å². The zero-order valence-corrected chi connectivity index (χ0v) is 21.0. The Hall–Kier alpha value is -3.48. The van der Waals surface area contributed by atoms with Gasteiger partial charge in [-0.25, -0.2) is 9.37 Å². The first-order valence-electron chi connectivity index (χ1n) is 11.7. The maximum atomic E-state index is 14.5. The molecule has 4 rings (SSSR count). The molecule has 2 heterocycles. The number of anilines is 4.